The highest BCUT2D eigenvalue weighted by Gasteiger charge is 2.73. The lowest BCUT2D eigenvalue weighted by Gasteiger charge is -2.65. The maximum Gasteiger partial charge on any atom is 0.165 e. The summed E-state index contributed by atoms with van der Waals surface area (Å²) in [5.74, 6) is 2.77. The van der Waals surface area contributed by atoms with E-state index in [4.69, 9.17) is 9.47 Å². The van der Waals surface area contributed by atoms with Crippen LogP contribution in [0.4, 0.5) is 0 Å². The minimum Gasteiger partial charge on any atom is -0.493 e. The predicted octanol–water partition coefficient (Wildman–Crippen LogP) is 8.57. The number of aryl methyl sites for hydroxylation is 1. The minimum absolute atomic E-state index is 0.118. The lowest BCUT2D eigenvalue weighted by Crippen LogP contribution is -2.78. The van der Waals surface area contributed by atoms with Crippen LogP contribution in [0.1, 0.15) is 91.5 Å². The van der Waals surface area contributed by atoms with E-state index in [1.807, 2.05) is 0 Å². The Morgan fingerprint density at radius 2 is 1.52 bits per heavy atom. The van der Waals surface area contributed by atoms with Crippen molar-refractivity contribution in [3.63, 3.8) is 0 Å². The highest BCUT2D eigenvalue weighted by molar-refractivity contribution is 5.63. The van der Waals surface area contributed by atoms with Crippen molar-refractivity contribution in [1.29, 1.82) is 0 Å². The second kappa shape index (κ2) is 14.3. The molecule has 3 fully saturated rings. The van der Waals surface area contributed by atoms with Gasteiger partial charge in [-0.25, -0.2) is 0 Å². The molecule has 4 aromatic carbocycles. The highest BCUT2D eigenvalue weighted by atomic mass is 16.5. The van der Waals surface area contributed by atoms with Crippen molar-refractivity contribution in [3.05, 3.63) is 131 Å². The molecule has 2 unspecified atom stereocenters. The molecular formula is C47H56N2O3. The summed E-state index contributed by atoms with van der Waals surface area (Å²) in [6.45, 7) is 4.11. The topological polar surface area (TPSA) is 45.2 Å². The molecule has 5 atom stereocenters. The van der Waals surface area contributed by atoms with Crippen LogP contribution in [0, 0.1) is 5.92 Å². The van der Waals surface area contributed by atoms with Gasteiger partial charge in [0.05, 0.1) is 18.1 Å². The summed E-state index contributed by atoms with van der Waals surface area (Å²) < 4.78 is 13.3. The molecule has 5 nitrogen and oxygen atoms in total. The Kier molecular flexibility index (Phi) is 9.39. The maximum absolute atomic E-state index is 13.3. The number of rotatable bonds is 15. The molecule has 0 aromatic heterocycles. The van der Waals surface area contributed by atoms with Gasteiger partial charge < -0.3 is 14.6 Å². The number of nitrogens with zero attached hydrogens (tertiary/aromatic N) is 2. The molecule has 0 radical (unpaired) electrons. The van der Waals surface area contributed by atoms with Gasteiger partial charge >= 0.3 is 0 Å². The van der Waals surface area contributed by atoms with Crippen LogP contribution in [0.5, 0.6) is 11.5 Å². The molecule has 1 N–H and O–H groups in total. The molecule has 1 spiro atoms. The third-order valence-electron chi connectivity index (χ3n) is 13.7. The molecule has 2 saturated carbocycles. The number of hydrogen-bond donors (Lipinski definition) is 1. The van der Waals surface area contributed by atoms with Gasteiger partial charge in [-0.3, -0.25) is 9.80 Å². The predicted molar refractivity (Wildman–Crippen MR) is 208 cm³/mol. The van der Waals surface area contributed by atoms with Crippen molar-refractivity contribution < 1.29 is 14.6 Å². The first kappa shape index (κ1) is 34.1. The summed E-state index contributed by atoms with van der Waals surface area (Å²) in [4.78, 5) is 5.48. The number of ether oxygens (including phenoxy) is 2. The molecule has 3 aliphatic carbocycles. The average molecular weight is 697 g/mol. The summed E-state index contributed by atoms with van der Waals surface area (Å²) in [6.07, 6.45) is 12.1. The molecule has 2 aliphatic heterocycles. The Morgan fingerprint density at radius 1 is 0.827 bits per heavy atom. The van der Waals surface area contributed by atoms with E-state index in [9.17, 15) is 5.11 Å². The van der Waals surface area contributed by atoms with Crippen molar-refractivity contribution in [2.45, 2.75) is 106 Å². The minimum atomic E-state index is -0.812. The number of likely N-dealkylation sites (tertiary alicyclic amines) is 1. The number of methoxy groups -OCH3 is 1. The van der Waals surface area contributed by atoms with Crippen LogP contribution < -0.4 is 9.47 Å². The normalized spacial score (nSPS) is 27.4. The quantitative estimate of drug-likeness (QED) is 0.126. The van der Waals surface area contributed by atoms with Crippen molar-refractivity contribution in [2.75, 3.05) is 33.3 Å². The van der Waals surface area contributed by atoms with E-state index in [0.717, 1.165) is 82.1 Å². The lowest BCUT2D eigenvalue weighted by atomic mass is 9.48. The summed E-state index contributed by atoms with van der Waals surface area (Å²) in [7, 11) is 1.77. The van der Waals surface area contributed by atoms with E-state index < -0.39 is 11.0 Å². The Hall–Kier alpha value is -3.64. The van der Waals surface area contributed by atoms with Crippen LogP contribution >= 0.6 is 0 Å². The first-order valence-electron chi connectivity index (χ1n) is 20.3. The van der Waals surface area contributed by atoms with E-state index in [-0.39, 0.29) is 24.1 Å². The van der Waals surface area contributed by atoms with Gasteiger partial charge in [-0.1, -0.05) is 110 Å². The SMILES string of the molecule is COc1ccc2c3c1OC1C(N(CCCCCCc4ccccc4)CC(c4ccccc4)c4ccccc4)CC[C@@]4(O)[C@@H](C2)N(CC2CC2)CC[C@]314. The molecule has 9 rings (SSSR count). The van der Waals surface area contributed by atoms with Crippen LogP contribution in [0.2, 0.25) is 0 Å². The maximum atomic E-state index is 13.3. The van der Waals surface area contributed by atoms with Gasteiger partial charge in [0.1, 0.15) is 6.10 Å². The van der Waals surface area contributed by atoms with Crippen LogP contribution in [0.15, 0.2) is 103 Å². The van der Waals surface area contributed by atoms with E-state index in [2.05, 4.69) is 113 Å². The summed E-state index contributed by atoms with van der Waals surface area (Å²) in [5.41, 5.74) is 5.55. The molecule has 5 aliphatic rings. The number of benzene rings is 4. The van der Waals surface area contributed by atoms with E-state index in [0.29, 0.717) is 0 Å². The largest absolute Gasteiger partial charge is 0.493 e. The van der Waals surface area contributed by atoms with Gasteiger partial charge in [-0.2, -0.15) is 0 Å². The Morgan fingerprint density at radius 3 is 2.21 bits per heavy atom. The zero-order valence-electron chi connectivity index (χ0n) is 31.0. The van der Waals surface area contributed by atoms with Crippen molar-refractivity contribution >= 4 is 0 Å². The van der Waals surface area contributed by atoms with Gasteiger partial charge in [0.25, 0.3) is 0 Å². The second-order valence-electron chi connectivity index (χ2n) is 16.6. The fourth-order valence-corrected chi connectivity index (χ4v) is 11.0. The Labute approximate surface area is 311 Å². The Bertz CT molecular complexity index is 1770. The molecule has 52 heavy (non-hydrogen) atoms. The second-order valence-corrected chi connectivity index (χ2v) is 16.6. The van der Waals surface area contributed by atoms with Crippen LogP contribution in [-0.2, 0) is 18.3 Å². The number of aliphatic hydroxyl groups is 1. The van der Waals surface area contributed by atoms with Gasteiger partial charge in [-0.05, 0) is 105 Å². The van der Waals surface area contributed by atoms with Crippen LogP contribution in [-0.4, -0.2) is 72.0 Å². The van der Waals surface area contributed by atoms with Gasteiger partial charge in [0, 0.05) is 36.7 Å². The van der Waals surface area contributed by atoms with Crippen LogP contribution in [0.25, 0.3) is 0 Å². The molecule has 1 saturated heterocycles. The highest BCUT2D eigenvalue weighted by Crippen LogP contribution is 2.66. The number of unbranched alkanes of at least 4 members (excludes halogenated alkanes) is 3. The van der Waals surface area contributed by atoms with Gasteiger partial charge in [0.15, 0.2) is 11.5 Å². The lowest BCUT2D eigenvalue weighted by molar-refractivity contribution is -0.201. The standard InChI is InChI=1S/C47H56N2O3/c1-51-41-25-24-38-31-42-47(50)27-26-40(45-46(47,43(38)44(41)52-45)28-30-49(42)32-35-22-23-35)48(29-14-3-2-7-15-34-16-8-4-9-17-34)33-39(36-18-10-5-11-19-36)37-20-12-6-13-21-37/h4-6,8-13,16-21,24-25,35,39-40,42,45,50H,2-3,7,14-15,22-23,26-33H2,1H3/t40?,42-,45?,46+,47-/m1/s1. The van der Waals surface area contributed by atoms with Crippen molar-refractivity contribution in [2.24, 2.45) is 5.92 Å². The molecule has 2 bridgehead atoms. The fourth-order valence-electron chi connectivity index (χ4n) is 11.0. The summed E-state index contributed by atoms with van der Waals surface area (Å²) >= 11 is 0. The first-order chi connectivity index (χ1) is 25.6. The zero-order valence-corrected chi connectivity index (χ0v) is 31.0. The monoisotopic (exact) mass is 696 g/mol. The van der Waals surface area contributed by atoms with E-state index in [1.165, 1.54) is 59.9 Å². The third-order valence-corrected chi connectivity index (χ3v) is 13.7. The van der Waals surface area contributed by atoms with E-state index in [1.54, 1.807) is 7.11 Å². The molecule has 2 heterocycles. The van der Waals surface area contributed by atoms with E-state index >= 15 is 0 Å². The number of hydrogen-bond acceptors (Lipinski definition) is 5. The smallest absolute Gasteiger partial charge is 0.165 e. The van der Waals surface area contributed by atoms with Crippen LogP contribution in [0.3, 0.4) is 0 Å². The third kappa shape index (κ3) is 5.97. The number of piperidine rings is 1. The summed E-state index contributed by atoms with van der Waals surface area (Å²) in [5, 5.41) is 13.3. The van der Waals surface area contributed by atoms with Gasteiger partial charge in [0.2, 0.25) is 0 Å². The molecule has 0 amide bonds. The average Bonchev–Trinajstić information content (AvgIpc) is 3.94. The van der Waals surface area contributed by atoms with Crippen molar-refractivity contribution in [3.8, 4) is 11.5 Å². The Balaban J connectivity index is 1.05. The summed E-state index contributed by atoms with van der Waals surface area (Å²) in [6, 6.07) is 37.9. The molecule has 5 heteroatoms. The molecule has 4 aromatic rings. The zero-order chi connectivity index (χ0) is 35.1. The molecule has 272 valence electrons. The fraction of sp³-hybridized carbons (Fsp3) is 0.489. The first-order valence-corrected chi connectivity index (χ1v) is 20.3. The van der Waals surface area contributed by atoms with Crippen molar-refractivity contribution in [1.82, 2.24) is 9.80 Å². The van der Waals surface area contributed by atoms with Gasteiger partial charge in [-0.15, -0.1) is 0 Å². The molecular weight excluding hydrogens is 641 g/mol.